The molecule has 3 heteroatoms. The van der Waals surface area contributed by atoms with Crippen molar-refractivity contribution < 1.29 is 4.79 Å². The molecular weight excluding hydrogens is 212 g/mol. The van der Waals surface area contributed by atoms with Crippen LogP contribution >= 0.6 is 0 Å². The molecule has 0 spiro atoms. The summed E-state index contributed by atoms with van der Waals surface area (Å²) < 4.78 is 0. The molecule has 92 valence electrons. The van der Waals surface area contributed by atoms with Gasteiger partial charge in [-0.05, 0) is 23.5 Å². The first kappa shape index (κ1) is 12.0. The number of rotatable bonds is 2. The van der Waals surface area contributed by atoms with Crippen molar-refractivity contribution in [2.45, 2.75) is 26.7 Å². The molecule has 1 aromatic carbocycles. The highest BCUT2D eigenvalue weighted by molar-refractivity contribution is 5.80. The Morgan fingerprint density at radius 1 is 1.41 bits per heavy atom. The van der Waals surface area contributed by atoms with E-state index in [1.54, 1.807) is 0 Å². The van der Waals surface area contributed by atoms with Crippen LogP contribution in [0.4, 0.5) is 5.69 Å². The van der Waals surface area contributed by atoms with Gasteiger partial charge in [-0.2, -0.15) is 0 Å². The molecule has 17 heavy (non-hydrogen) atoms. The van der Waals surface area contributed by atoms with E-state index in [0.717, 1.165) is 25.1 Å². The van der Waals surface area contributed by atoms with Gasteiger partial charge in [0.15, 0.2) is 0 Å². The van der Waals surface area contributed by atoms with Gasteiger partial charge in [-0.15, -0.1) is 0 Å². The van der Waals surface area contributed by atoms with Crippen molar-refractivity contribution in [1.82, 2.24) is 4.90 Å². The van der Waals surface area contributed by atoms with Crippen molar-refractivity contribution in [1.29, 1.82) is 0 Å². The van der Waals surface area contributed by atoms with E-state index in [9.17, 15) is 4.79 Å². The molecule has 0 atom stereocenters. The van der Waals surface area contributed by atoms with Crippen LogP contribution < -0.4 is 5.73 Å². The highest BCUT2D eigenvalue weighted by atomic mass is 16.2. The van der Waals surface area contributed by atoms with E-state index in [1.807, 2.05) is 29.2 Å². The summed E-state index contributed by atoms with van der Waals surface area (Å²) in [6.45, 7) is 6.14. The van der Waals surface area contributed by atoms with Crippen LogP contribution in [0.3, 0.4) is 0 Å². The molecule has 2 rings (SSSR count). The Kier molecular flexibility index (Phi) is 3.09. The number of carbonyl (C=O) groups is 1. The Morgan fingerprint density at radius 3 is 2.71 bits per heavy atom. The van der Waals surface area contributed by atoms with Crippen molar-refractivity contribution in [3.63, 3.8) is 0 Å². The zero-order valence-electron chi connectivity index (χ0n) is 10.6. The Hall–Kier alpha value is -1.51. The molecule has 0 saturated carbocycles. The van der Waals surface area contributed by atoms with E-state index >= 15 is 0 Å². The maximum absolute atomic E-state index is 12.1. The molecule has 0 aromatic heterocycles. The lowest BCUT2D eigenvalue weighted by atomic mass is 9.93. The first-order chi connectivity index (χ1) is 7.98. The van der Waals surface area contributed by atoms with Crippen molar-refractivity contribution in [2.24, 2.45) is 5.41 Å². The van der Waals surface area contributed by atoms with Crippen LogP contribution in [-0.4, -0.2) is 23.9 Å². The summed E-state index contributed by atoms with van der Waals surface area (Å²) in [5.41, 5.74) is 7.75. The van der Waals surface area contributed by atoms with E-state index in [4.69, 9.17) is 5.73 Å². The monoisotopic (exact) mass is 232 g/mol. The maximum atomic E-state index is 12.1. The Balaban J connectivity index is 2.01. The van der Waals surface area contributed by atoms with Gasteiger partial charge in [0.25, 0.3) is 0 Å². The largest absolute Gasteiger partial charge is 0.398 e. The molecule has 1 aliphatic heterocycles. The second kappa shape index (κ2) is 4.40. The molecule has 0 unspecified atom stereocenters. The van der Waals surface area contributed by atoms with Crippen LogP contribution in [0.15, 0.2) is 24.3 Å². The predicted molar refractivity (Wildman–Crippen MR) is 69.5 cm³/mol. The van der Waals surface area contributed by atoms with Gasteiger partial charge in [0.05, 0.1) is 6.42 Å². The molecule has 2 N–H and O–H groups in total. The maximum Gasteiger partial charge on any atom is 0.227 e. The van der Waals surface area contributed by atoms with Crippen LogP contribution in [0.2, 0.25) is 0 Å². The molecule has 0 bridgehead atoms. The quantitative estimate of drug-likeness (QED) is 0.793. The minimum absolute atomic E-state index is 0.188. The van der Waals surface area contributed by atoms with Crippen LogP contribution in [0.5, 0.6) is 0 Å². The van der Waals surface area contributed by atoms with Crippen LogP contribution in [-0.2, 0) is 11.2 Å². The Morgan fingerprint density at radius 2 is 2.12 bits per heavy atom. The second-order valence-corrected chi connectivity index (χ2v) is 5.61. The molecule has 1 aromatic rings. The van der Waals surface area contributed by atoms with Gasteiger partial charge >= 0.3 is 0 Å². The molecule has 0 aliphatic carbocycles. The van der Waals surface area contributed by atoms with Gasteiger partial charge in [-0.1, -0.05) is 32.0 Å². The van der Waals surface area contributed by atoms with Crippen LogP contribution in [0.1, 0.15) is 25.8 Å². The minimum Gasteiger partial charge on any atom is -0.398 e. The second-order valence-electron chi connectivity index (χ2n) is 5.61. The normalized spacial score (nSPS) is 18.4. The number of nitrogen functional groups attached to an aromatic ring is 1. The number of amides is 1. The fraction of sp³-hybridized carbons (Fsp3) is 0.500. The number of hydrogen-bond donors (Lipinski definition) is 1. The molecule has 3 nitrogen and oxygen atoms in total. The third kappa shape index (κ3) is 2.78. The minimum atomic E-state index is 0.188. The van der Waals surface area contributed by atoms with E-state index in [1.165, 1.54) is 0 Å². The Bertz CT molecular complexity index is 426. The zero-order chi connectivity index (χ0) is 12.5. The predicted octanol–water partition coefficient (Wildman–Crippen LogP) is 2.07. The summed E-state index contributed by atoms with van der Waals surface area (Å²) in [4.78, 5) is 14.1. The number of hydrogen-bond acceptors (Lipinski definition) is 2. The number of likely N-dealkylation sites (tertiary alicyclic amines) is 1. The third-order valence-corrected chi connectivity index (χ3v) is 3.43. The number of carbonyl (C=O) groups excluding carboxylic acids is 1. The highest BCUT2D eigenvalue weighted by Gasteiger charge is 2.31. The van der Waals surface area contributed by atoms with E-state index in [-0.39, 0.29) is 11.3 Å². The average Bonchev–Trinajstić information content (AvgIpc) is 2.62. The lowest BCUT2D eigenvalue weighted by Gasteiger charge is -2.20. The van der Waals surface area contributed by atoms with Crippen molar-refractivity contribution in [2.75, 3.05) is 18.8 Å². The first-order valence-electron chi connectivity index (χ1n) is 6.09. The number of para-hydroxylation sites is 1. The Labute approximate surface area is 103 Å². The van der Waals surface area contributed by atoms with Crippen molar-refractivity contribution >= 4 is 11.6 Å². The average molecular weight is 232 g/mol. The molecular formula is C14H20N2O. The van der Waals surface area contributed by atoms with Gasteiger partial charge in [-0.3, -0.25) is 4.79 Å². The molecule has 0 radical (unpaired) electrons. The molecule has 1 heterocycles. The summed E-state index contributed by atoms with van der Waals surface area (Å²) >= 11 is 0. The van der Waals surface area contributed by atoms with Gasteiger partial charge < -0.3 is 10.6 Å². The fourth-order valence-electron chi connectivity index (χ4n) is 2.30. The van der Waals surface area contributed by atoms with Gasteiger partial charge in [0.2, 0.25) is 5.91 Å². The molecule has 1 fully saturated rings. The summed E-state index contributed by atoms with van der Waals surface area (Å²) in [5.74, 6) is 0.188. The summed E-state index contributed by atoms with van der Waals surface area (Å²) in [7, 11) is 0. The lowest BCUT2D eigenvalue weighted by Crippen LogP contribution is -2.31. The number of nitrogens with two attached hydrogens (primary N) is 1. The fourth-order valence-corrected chi connectivity index (χ4v) is 2.30. The number of nitrogens with zero attached hydrogens (tertiary/aromatic N) is 1. The standard InChI is InChI=1S/C14H20N2O/c1-14(2)7-8-16(10-14)13(17)9-11-5-3-4-6-12(11)15/h3-6H,7-10,15H2,1-2H3. The van der Waals surface area contributed by atoms with E-state index in [0.29, 0.717) is 12.1 Å². The lowest BCUT2D eigenvalue weighted by molar-refractivity contribution is -0.129. The van der Waals surface area contributed by atoms with Crippen molar-refractivity contribution in [3.8, 4) is 0 Å². The van der Waals surface area contributed by atoms with E-state index < -0.39 is 0 Å². The zero-order valence-corrected chi connectivity index (χ0v) is 10.6. The number of benzene rings is 1. The van der Waals surface area contributed by atoms with Crippen molar-refractivity contribution in [3.05, 3.63) is 29.8 Å². The highest BCUT2D eigenvalue weighted by Crippen LogP contribution is 2.29. The molecule has 1 saturated heterocycles. The smallest absolute Gasteiger partial charge is 0.227 e. The molecule has 1 aliphatic rings. The van der Waals surface area contributed by atoms with Gasteiger partial charge in [0, 0.05) is 18.8 Å². The number of anilines is 1. The summed E-state index contributed by atoms with van der Waals surface area (Å²) in [6, 6.07) is 7.58. The van der Waals surface area contributed by atoms with Crippen LogP contribution in [0, 0.1) is 5.41 Å². The first-order valence-corrected chi connectivity index (χ1v) is 6.09. The SMILES string of the molecule is CC1(C)CCN(C(=O)Cc2ccccc2N)C1. The summed E-state index contributed by atoms with van der Waals surface area (Å²) in [5, 5.41) is 0. The third-order valence-electron chi connectivity index (χ3n) is 3.43. The van der Waals surface area contributed by atoms with E-state index in [2.05, 4.69) is 13.8 Å². The molecule has 1 amide bonds. The summed E-state index contributed by atoms with van der Waals surface area (Å²) in [6.07, 6.45) is 1.51. The van der Waals surface area contributed by atoms with Crippen LogP contribution in [0.25, 0.3) is 0 Å². The van der Waals surface area contributed by atoms with Gasteiger partial charge in [-0.25, -0.2) is 0 Å². The topological polar surface area (TPSA) is 46.3 Å². The van der Waals surface area contributed by atoms with Gasteiger partial charge in [0.1, 0.15) is 0 Å².